The van der Waals surface area contributed by atoms with Gasteiger partial charge in [-0.05, 0) is 56.1 Å². The van der Waals surface area contributed by atoms with Crippen molar-refractivity contribution in [3.8, 4) is 0 Å². The van der Waals surface area contributed by atoms with Crippen molar-refractivity contribution >= 4 is 11.6 Å². The van der Waals surface area contributed by atoms with Crippen LogP contribution in [0.15, 0.2) is 24.3 Å². The number of benzene rings is 1. The van der Waals surface area contributed by atoms with Crippen molar-refractivity contribution < 1.29 is 4.79 Å². The van der Waals surface area contributed by atoms with Crippen LogP contribution in [-0.2, 0) is 4.79 Å². The lowest BCUT2D eigenvalue weighted by molar-refractivity contribution is -0.117. The summed E-state index contributed by atoms with van der Waals surface area (Å²) >= 11 is 0. The van der Waals surface area contributed by atoms with Crippen LogP contribution in [0.3, 0.4) is 0 Å². The minimum absolute atomic E-state index is 0.191. The lowest BCUT2D eigenvalue weighted by Gasteiger charge is -2.20. The smallest absolute Gasteiger partial charge is 0.224 e. The molecule has 0 aliphatic heterocycles. The van der Waals surface area contributed by atoms with Gasteiger partial charge in [0.05, 0.1) is 0 Å². The van der Waals surface area contributed by atoms with Gasteiger partial charge in [-0.25, -0.2) is 0 Å². The lowest BCUT2D eigenvalue weighted by atomic mass is 9.86. The monoisotopic (exact) mass is 243 g/mol. The molecule has 0 radical (unpaired) electrons. The first-order valence-electron chi connectivity index (χ1n) is 7.07. The summed E-state index contributed by atoms with van der Waals surface area (Å²) in [5, 5.41) is 3.02. The molecule has 3 rings (SSSR count). The topological polar surface area (TPSA) is 29.1 Å². The lowest BCUT2D eigenvalue weighted by Crippen LogP contribution is -2.20. The largest absolute Gasteiger partial charge is 0.326 e. The van der Waals surface area contributed by atoms with Crippen molar-refractivity contribution in [3.05, 3.63) is 29.8 Å². The van der Waals surface area contributed by atoms with Crippen LogP contribution in [0.4, 0.5) is 5.69 Å². The highest BCUT2D eigenvalue weighted by atomic mass is 16.1. The number of carbonyl (C=O) groups excluding carboxylic acids is 1. The Hall–Kier alpha value is -1.31. The van der Waals surface area contributed by atoms with Crippen molar-refractivity contribution in [2.75, 3.05) is 5.32 Å². The highest BCUT2D eigenvalue weighted by Crippen LogP contribution is 2.49. The van der Waals surface area contributed by atoms with E-state index in [2.05, 4.69) is 12.2 Å². The van der Waals surface area contributed by atoms with Gasteiger partial charge in [0, 0.05) is 12.1 Å². The summed E-state index contributed by atoms with van der Waals surface area (Å²) in [5.74, 6) is 2.59. The van der Waals surface area contributed by atoms with E-state index in [0.29, 0.717) is 5.92 Å². The molecule has 2 saturated carbocycles. The van der Waals surface area contributed by atoms with Crippen LogP contribution in [0.2, 0.25) is 0 Å². The maximum absolute atomic E-state index is 12.0. The zero-order valence-corrected chi connectivity index (χ0v) is 11.0. The zero-order valence-electron chi connectivity index (χ0n) is 11.0. The second-order valence-corrected chi connectivity index (χ2v) is 6.05. The number of anilines is 1. The molecule has 3 atom stereocenters. The summed E-state index contributed by atoms with van der Waals surface area (Å²) in [5.41, 5.74) is 2.15. The Morgan fingerprint density at radius 3 is 2.61 bits per heavy atom. The molecule has 0 aromatic heterocycles. The van der Waals surface area contributed by atoms with Crippen LogP contribution in [0.25, 0.3) is 0 Å². The maximum atomic E-state index is 12.0. The summed E-state index contributed by atoms with van der Waals surface area (Å²) < 4.78 is 0. The van der Waals surface area contributed by atoms with Crippen molar-refractivity contribution in [2.24, 2.45) is 17.8 Å². The highest BCUT2D eigenvalue weighted by molar-refractivity contribution is 5.90. The van der Waals surface area contributed by atoms with Gasteiger partial charge < -0.3 is 5.32 Å². The molecular weight excluding hydrogens is 222 g/mol. The molecule has 1 N–H and O–H groups in total. The number of amides is 1. The van der Waals surface area contributed by atoms with E-state index in [1.807, 2.05) is 24.3 Å². The van der Waals surface area contributed by atoms with E-state index in [1.165, 1.54) is 31.2 Å². The average molecular weight is 243 g/mol. The van der Waals surface area contributed by atoms with Crippen molar-refractivity contribution in [3.63, 3.8) is 0 Å². The van der Waals surface area contributed by atoms with E-state index in [1.54, 1.807) is 0 Å². The van der Waals surface area contributed by atoms with Gasteiger partial charge in [-0.1, -0.05) is 24.1 Å². The number of hydrogen-bond acceptors (Lipinski definition) is 1. The van der Waals surface area contributed by atoms with Gasteiger partial charge in [-0.3, -0.25) is 4.79 Å². The van der Waals surface area contributed by atoms with Gasteiger partial charge in [0.25, 0.3) is 0 Å². The Morgan fingerprint density at radius 2 is 2.00 bits per heavy atom. The van der Waals surface area contributed by atoms with Gasteiger partial charge in [-0.15, -0.1) is 0 Å². The fraction of sp³-hybridized carbons (Fsp3) is 0.562. The fourth-order valence-electron chi connectivity index (χ4n) is 3.71. The summed E-state index contributed by atoms with van der Waals surface area (Å²) in [6.45, 7) is 2.06. The van der Waals surface area contributed by atoms with E-state index in [-0.39, 0.29) is 5.91 Å². The summed E-state index contributed by atoms with van der Waals surface area (Å²) in [4.78, 5) is 12.0. The number of carbonyl (C=O) groups is 1. The van der Waals surface area contributed by atoms with Crippen LogP contribution >= 0.6 is 0 Å². The third kappa shape index (κ3) is 2.43. The first-order valence-corrected chi connectivity index (χ1v) is 7.07. The van der Waals surface area contributed by atoms with Crippen molar-refractivity contribution in [1.29, 1.82) is 0 Å². The Labute approximate surface area is 109 Å². The minimum atomic E-state index is 0.191. The summed E-state index contributed by atoms with van der Waals surface area (Å²) in [6, 6.07) is 8.03. The number of hydrogen-bond donors (Lipinski definition) is 1. The van der Waals surface area contributed by atoms with Crippen molar-refractivity contribution in [2.45, 2.75) is 39.0 Å². The molecule has 1 amide bonds. The van der Waals surface area contributed by atoms with Gasteiger partial charge >= 0.3 is 0 Å². The Bertz CT molecular complexity index is 437. The molecule has 1 aromatic rings. The first kappa shape index (κ1) is 11.8. The van der Waals surface area contributed by atoms with Crippen molar-refractivity contribution in [1.82, 2.24) is 0 Å². The Morgan fingerprint density at radius 1 is 1.22 bits per heavy atom. The molecule has 0 unspecified atom stereocenters. The Balaban J connectivity index is 1.54. The third-order valence-electron chi connectivity index (χ3n) is 4.67. The number of fused-ring (bicyclic) bond motifs is 2. The van der Waals surface area contributed by atoms with Gasteiger partial charge in [0.2, 0.25) is 5.91 Å². The van der Waals surface area contributed by atoms with Crippen LogP contribution in [-0.4, -0.2) is 5.91 Å². The molecular formula is C16H21NO. The normalized spacial score (nSPS) is 29.5. The molecule has 2 aliphatic carbocycles. The zero-order chi connectivity index (χ0) is 12.5. The molecule has 2 aliphatic rings. The van der Waals surface area contributed by atoms with Crippen LogP contribution in [0, 0.1) is 24.7 Å². The molecule has 2 nitrogen and oxygen atoms in total. The average Bonchev–Trinajstić information content (AvgIpc) is 2.94. The van der Waals surface area contributed by atoms with E-state index in [4.69, 9.17) is 0 Å². The summed E-state index contributed by atoms with van der Waals surface area (Å²) in [6.07, 6.45) is 6.14. The molecule has 2 heteroatoms. The van der Waals surface area contributed by atoms with Crippen LogP contribution in [0.5, 0.6) is 0 Å². The maximum Gasteiger partial charge on any atom is 0.224 e. The van der Waals surface area contributed by atoms with Crippen LogP contribution < -0.4 is 5.32 Å². The molecule has 0 saturated heterocycles. The van der Waals surface area contributed by atoms with Gasteiger partial charge in [0.1, 0.15) is 0 Å². The predicted octanol–water partition coefficient (Wildman–Crippen LogP) is 3.76. The molecule has 2 fully saturated rings. The second-order valence-electron chi connectivity index (χ2n) is 6.05. The first-order chi connectivity index (χ1) is 8.70. The fourth-order valence-corrected chi connectivity index (χ4v) is 3.71. The highest BCUT2D eigenvalue weighted by Gasteiger charge is 2.40. The van der Waals surface area contributed by atoms with E-state index in [9.17, 15) is 4.79 Å². The summed E-state index contributed by atoms with van der Waals surface area (Å²) in [7, 11) is 0. The van der Waals surface area contributed by atoms with E-state index in [0.717, 1.165) is 23.9 Å². The Kier molecular flexibility index (Phi) is 3.11. The number of rotatable bonds is 3. The predicted molar refractivity (Wildman–Crippen MR) is 73.4 cm³/mol. The molecule has 96 valence electrons. The van der Waals surface area contributed by atoms with E-state index < -0.39 is 0 Å². The molecule has 18 heavy (non-hydrogen) atoms. The quantitative estimate of drug-likeness (QED) is 0.860. The molecule has 1 aromatic carbocycles. The molecule has 2 bridgehead atoms. The SMILES string of the molecule is Cc1ccc(NC(=O)C[C@H]2C[C@H]3CC[C@@H]2C3)cc1. The second kappa shape index (κ2) is 4.75. The van der Waals surface area contributed by atoms with Crippen LogP contribution in [0.1, 0.15) is 37.7 Å². The standard InChI is InChI=1S/C16H21NO/c1-11-2-6-15(7-3-11)17-16(18)10-14-9-12-4-5-13(14)8-12/h2-3,6-7,12-14H,4-5,8-10H2,1H3,(H,17,18)/t12-,13+,14+/m0/s1. The molecule has 0 heterocycles. The van der Waals surface area contributed by atoms with Gasteiger partial charge in [-0.2, -0.15) is 0 Å². The van der Waals surface area contributed by atoms with Gasteiger partial charge in [0.15, 0.2) is 0 Å². The minimum Gasteiger partial charge on any atom is -0.326 e. The number of aryl methyl sites for hydroxylation is 1. The van der Waals surface area contributed by atoms with E-state index >= 15 is 0 Å². The third-order valence-corrected chi connectivity index (χ3v) is 4.67. The number of nitrogens with one attached hydrogen (secondary N) is 1. The molecule has 0 spiro atoms.